The number of hydrogen-bond donors (Lipinski definition) is 2. The summed E-state index contributed by atoms with van der Waals surface area (Å²) in [6.45, 7) is 10.5. The van der Waals surface area contributed by atoms with Crippen molar-refractivity contribution >= 4 is 83.4 Å². The van der Waals surface area contributed by atoms with Crippen molar-refractivity contribution in [2.24, 2.45) is 0 Å². The molecule has 3 saturated heterocycles. The summed E-state index contributed by atoms with van der Waals surface area (Å²) in [6, 6.07) is 0. The number of nitrogens with one attached hydrogen (secondary N) is 2. The van der Waals surface area contributed by atoms with E-state index < -0.39 is 215 Å². The molecule has 0 aromatic heterocycles. The Balaban J connectivity index is 2.42. The lowest BCUT2D eigenvalue weighted by Gasteiger charge is -2.47. The van der Waals surface area contributed by atoms with Gasteiger partial charge < -0.3 is 95.9 Å². The third-order valence-corrected chi connectivity index (χ3v) is 13.6. The molecule has 3 aliphatic rings. The summed E-state index contributed by atoms with van der Waals surface area (Å²) in [6.07, 6.45) is -20.8. The van der Waals surface area contributed by atoms with Gasteiger partial charge in [0, 0.05) is 96.1 Å². The van der Waals surface area contributed by atoms with Crippen LogP contribution in [0.4, 0.5) is 0 Å². The molecule has 0 bridgehead atoms. The van der Waals surface area contributed by atoms with Gasteiger partial charge in [-0.3, -0.25) is 67.1 Å². The standard InChI is InChI=1S/C60H88N2O32/c1-14-46(75)61-24-22-20-18-16-15-17-19-21-23-47(76)62-60(28-80-57-54(89-40(11)72)51(86-37(8)69)48(83-34(5)66)43(92-57)25-77-31(2)63,29-81-58-55(90-41(12)73)52(87-38(9)70)49(84-35(6)67)44(93-58)26-78-32(3)64)30-82-59-56(91-42(13)74)53(88-39(10)71)50(85-36(7)68)45(94-59)27-79-33(4)65/h14,43-45,48-59H,1,15-30H2,2-13H3,(H,61,75)(H,62,76)/t43-,44-,45-,48+,49+,50+,51+,52+,53+,54-,55-,56-,57-,58-,59-/m1/s1. The molecule has 0 aliphatic carbocycles. The van der Waals surface area contributed by atoms with E-state index in [1.807, 2.05) is 0 Å². The van der Waals surface area contributed by atoms with Gasteiger partial charge in [0.25, 0.3) is 0 Å². The number of amides is 2. The summed E-state index contributed by atoms with van der Waals surface area (Å²) >= 11 is 0. The summed E-state index contributed by atoms with van der Waals surface area (Å²) < 4.78 is 104. The monoisotopic (exact) mass is 1350 g/mol. The topological polar surface area (TPSA) is 429 Å². The van der Waals surface area contributed by atoms with Crippen LogP contribution in [0.2, 0.25) is 0 Å². The van der Waals surface area contributed by atoms with Crippen LogP contribution in [0.1, 0.15) is 141 Å². The van der Waals surface area contributed by atoms with Gasteiger partial charge >= 0.3 is 71.6 Å². The smallest absolute Gasteiger partial charge is 0.303 e. The Hall–Kier alpha value is -7.92. The van der Waals surface area contributed by atoms with E-state index in [1.54, 1.807) is 0 Å². The summed E-state index contributed by atoms with van der Waals surface area (Å²) in [5, 5.41) is 5.56. The molecule has 15 atom stereocenters. The van der Waals surface area contributed by atoms with Crippen LogP contribution in [0.5, 0.6) is 0 Å². The second kappa shape index (κ2) is 40.4. The summed E-state index contributed by atoms with van der Waals surface area (Å²) in [5.74, 6) is -12.8. The summed E-state index contributed by atoms with van der Waals surface area (Å²) in [5.41, 5.74) is -2.38. The molecule has 0 unspecified atom stereocenters. The highest BCUT2D eigenvalue weighted by Gasteiger charge is 2.57. The minimum atomic E-state index is -2.38. The second-order valence-electron chi connectivity index (χ2n) is 22.0. The van der Waals surface area contributed by atoms with E-state index in [-0.39, 0.29) is 18.7 Å². The third kappa shape index (κ3) is 28.7. The maximum Gasteiger partial charge on any atom is 0.303 e. The molecule has 530 valence electrons. The SMILES string of the molecule is C=CC(=O)NCCCCCCCCCCC(=O)NC(CO[C@@H]1O[C@H](COC(C)=O)[C@H](OC(C)=O)[C@H](OC(C)=O)[C@H]1OC(C)=O)(CO[C@@H]1O[C@H](COC(C)=O)[C@H](OC(C)=O)[C@H](OC(C)=O)[C@H]1OC(C)=O)CO[C@@H]1O[C@H](COC(C)=O)[C@H](OC(C)=O)[C@H](OC(C)=O)[C@H]1OC(C)=O. The van der Waals surface area contributed by atoms with Crippen molar-refractivity contribution in [2.45, 2.75) is 239 Å². The zero-order valence-electron chi connectivity index (χ0n) is 54.8. The van der Waals surface area contributed by atoms with Gasteiger partial charge in [-0.1, -0.05) is 45.1 Å². The van der Waals surface area contributed by atoms with Gasteiger partial charge in [0.05, 0.1) is 19.8 Å². The van der Waals surface area contributed by atoms with E-state index in [0.717, 1.165) is 115 Å². The molecule has 0 aromatic rings. The quantitative estimate of drug-likeness (QED) is 0.0378. The van der Waals surface area contributed by atoms with Crippen LogP contribution in [0, 0.1) is 0 Å². The van der Waals surface area contributed by atoms with Crippen molar-refractivity contribution in [3.8, 4) is 0 Å². The normalized spacial score (nSPS) is 25.6. The largest absolute Gasteiger partial charge is 0.463 e. The average Bonchev–Trinajstić information content (AvgIpc) is 0.796. The highest BCUT2D eigenvalue weighted by molar-refractivity contribution is 5.86. The van der Waals surface area contributed by atoms with E-state index in [2.05, 4.69) is 17.2 Å². The molecule has 2 amide bonds. The zero-order chi connectivity index (χ0) is 70.4. The lowest BCUT2D eigenvalue weighted by Crippen LogP contribution is -2.67. The number of rotatable bonds is 37. The number of hydrogen-bond acceptors (Lipinski definition) is 32. The first-order valence-corrected chi connectivity index (χ1v) is 30.2. The Morgan fingerprint density at radius 3 is 0.872 bits per heavy atom. The van der Waals surface area contributed by atoms with Crippen molar-refractivity contribution < 1.29 is 152 Å². The molecule has 94 heavy (non-hydrogen) atoms. The molecule has 3 fully saturated rings. The Bertz CT molecular complexity index is 2400. The minimum absolute atomic E-state index is 0.233. The van der Waals surface area contributed by atoms with E-state index in [1.165, 1.54) is 6.08 Å². The van der Waals surface area contributed by atoms with Gasteiger partial charge in [-0.05, 0) is 18.9 Å². The second-order valence-corrected chi connectivity index (χ2v) is 22.0. The van der Waals surface area contributed by atoms with Crippen LogP contribution >= 0.6 is 0 Å². The first kappa shape index (κ1) is 80.3. The molecule has 0 radical (unpaired) electrons. The van der Waals surface area contributed by atoms with Crippen LogP contribution in [-0.4, -0.2) is 227 Å². The van der Waals surface area contributed by atoms with Gasteiger partial charge in [-0.25, -0.2) is 0 Å². The predicted octanol–water partition coefficient (Wildman–Crippen LogP) is 0.954. The molecular formula is C60H88N2O32. The average molecular weight is 1350 g/mol. The first-order chi connectivity index (χ1) is 44.2. The fourth-order valence-electron chi connectivity index (χ4n) is 10.0. The molecule has 3 rings (SSSR count). The van der Waals surface area contributed by atoms with Gasteiger partial charge in [0.15, 0.2) is 73.8 Å². The van der Waals surface area contributed by atoms with Crippen molar-refractivity contribution in [3.05, 3.63) is 12.7 Å². The molecule has 2 N–H and O–H groups in total. The predicted molar refractivity (Wildman–Crippen MR) is 309 cm³/mol. The number of ether oxygens (including phenoxy) is 18. The van der Waals surface area contributed by atoms with Gasteiger partial charge in [-0.2, -0.15) is 0 Å². The summed E-state index contributed by atoms with van der Waals surface area (Å²) in [7, 11) is 0. The highest BCUT2D eigenvalue weighted by atomic mass is 16.8. The van der Waals surface area contributed by atoms with Crippen LogP contribution in [0.25, 0.3) is 0 Å². The number of unbranched alkanes of at least 4 members (excludes halogenated alkanes) is 7. The van der Waals surface area contributed by atoms with Crippen molar-refractivity contribution in [3.63, 3.8) is 0 Å². The van der Waals surface area contributed by atoms with Crippen LogP contribution < -0.4 is 10.6 Å². The van der Waals surface area contributed by atoms with Crippen molar-refractivity contribution in [1.82, 2.24) is 10.6 Å². The minimum Gasteiger partial charge on any atom is -0.463 e. The van der Waals surface area contributed by atoms with Crippen molar-refractivity contribution in [2.75, 3.05) is 46.2 Å². The summed E-state index contributed by atoms with van der Waals surface area (Å²) in [4.78, 5) is 179. The molecule has 0 saturated carbocycles. The van der Waals surface area contributed by atoms with E-state index in [0.29, 0.717) is 19.4 Å². The third-order valence-electron chi connectivity index (χ3n) is 13.6. The number of carbonyl (C=O) groups excluding carboxylic acids is 14. The van der Waals surface area contributed by atoms with Crippen LogP contribution in [-0.2, 0) is 152 Å². The van der Waals surface area contributed by atoms with Gasteiger partial charge in [0.2, 0.25) is 11.8 Å². The van der Waals surface area contributed by atoms with Gasteiger partial charge in [-0.15, -0.1) is 0 Å². The fourth-order valence-corrected chi connectivity index (χ4v) is 10.0. The highest BCUT2D eigenvalue weighted by Crippen LogP contribution is 2.35. The zero-order valence-corrected chi connectivity index (χ0v) is 54.8. The lowest BCUT2D eigenvalue weighted by atomic mass is 9.96. The lowest BCUT2D eigenvalue weighted by molar-refractivity contribution is -0.328. The first-order valence-electron chi connectivity index (χ1n) is 30.2. The number of esters is 12. The Labute approximate surface area is 542 Å². The molecule has 34 nitrogen and oxygen atoms in total. The van der Waals surface area contributed by atoms with Gasteiger partial charge in [0.1, 0.15) is 43.7 Å². The molecular weight excluding hydrogens is 1260 g/mol. The number of carbonyl (C=O) groups is 14. The maximum absolute atomic E-state index is 14.8. The molecule has 34 heteroatoms. The molecule has 3 heterocycles. The van der Waals surface area contributed by atoms with E-state index >= 15 is 0 Å². The molecule has 0 spiro atoms. The molecule has 0 aromatic carbocycles. The van der Waals surface area contributed by atoms with Crippen LogP contribution in [0.3, 0.4) is 0 Å². The van der Waals surface area contributed by atoms with Crippen LogP contribution in [0.15, 0.2) is 12.7 Å². The Morgan fingerprint density at radius 2 is 0.606 bits per heavy atom. The van der Waals surface area contributed by atoms with E-state index in [4.69, 9.17) is 85.3 Å². The Kier molecular flexibility index (Phi) is 34.5. The molecule has 3 aliphatic heterocycles. The van der Waals surface area contributed by atoms with Crippen molar-refractivity contribution in [1.29, 1.82) is 0 Å². The Morgan fingerprint density at radius 1 is 0.351 bits per heavy atom. The van der Waals surface area contributed by atoms with E-state index in [9.17, 15) is 67.1 Å². The maximum atomic E-state index is 14.8. The fraction of sp³-hybridized carbons (Fsp3) is 0.733.